The molecule has 0 bridgehead atoms. The van der Waals surface area contributed by atoms with Gasteiger partial charge in [-0.1, -0.05) is 24.3 Å². The van der Waals surface area contributed by atoms with E-state index in [9.17, 15) is 4.39 Å². The van der Waals surface area contributed by atoms with Crippen molar-refractivity contribution in [2.75, 3.05) is 26.7 Å². The molecule has 146 valence electrons. The van der Waals surface area contributed by atoms with Crippen LogP contribution in [0.5, 0.6) is 0 Å². The molecular formula is C23H27FN4. The minimum absolute atomic E-state index is 0.234. The number of rotatable bonds is 4. The van der Waals surface area contributed by atoms with Gasteiger partial charge >= 0.3 is 0 Å². The number of hydrogen-bond acceptors (Lipinski definition) is 3. The number of aromatic nitrogens is 2. The van der Waals surface area contributed by atoms with Crippen molar-refractivity contribution in [3.05, 3.63) is 71.7 Å². The van der Waals surface area contributed by atoms with Crippen LogP contribution in [-0.4, -0.2) is 52.3 Å². The summed E-state index contributed by atoms with van der Waals surface area (Å²) in [7, 11) is 2.18. The highest BCUT2D eigenvalue weighted by Crippen LogP contribution is 2.26. The van der Waals surface area contributed by atoms with E-state index in [1.54, 1.807) is 12.1 Å². The van der Waals surface area contributed by atoms with E-state index in [1.165, 1.54) is 11.6 Å². The lowest BCUT2D eigenvalue weighted by atomic mass is 10.1. The number of piperazine rings is 1. The number of aryl methyl sites for hydroxylation is 1. The first-order valence-corrected chi connectivity index (χ1v) is 9.84. The smallest absolute Gasteiger partial charge is 0.123 e. The summed E-state index contributed by atoms with van der Waals surface area (Å²) >= 11 is 0. The molecule has 2 heterocycles. The van der Waals surface area contributed by atoms with Crippen LogP contribution in [0.3, 0.4) is 0 Å². The molecule has 1 aromatic heterocycles. The lowest BCUT2D eigenvalue weighted by molar-refractivity contribution is 0.100. The van der Waals surface area contributed by atoms with Crippen LogP contribution in [0.1, 0.15) is 18.1 Å². The Balaban J connectivity index is 1.71. The summed E-state index contributed by atoms with van der Waals surface area (Å²) in [5.74, 6) is -0.234. The molecule has 28 heavy (non-hydrogen) atoms. The first-order valence-electron chi connectivity index (χ1n) is 9.84. The molecule has 1 aliphatic rings. The molecule has 1 saturated heterocycles. The van der Waals surface area contributed by atoms with Crippen LogP contribution >= 0.6 is 0 Å². The number of likely N-dealkylation sites (N-methyl/N-ethyl adjacent to an activating group) is 1. The van der Waals surface area contributed by atoms with Gasteiger partial charge in [0.2, 0.25) is 0 Å². The van der Waals surface area contributed by atoms with Crippen molar-refractivity contribution >= 4 is 0 Å². The summed E-state index contributed by atoms with van der Waals surface area (Å²) in [5, 5.41) is 4.85. The fourth-order valence-corrected chi connectivity index (χ4v) is 3.82. The molecule has 4 nitrogen and oxygen atoms in total. The second-order valence-electron chi connectivity index (χ2n) is 7.86. The highest BCUT2D eigenvalue weighted by atomic mass is 19.1. The Morgan fingerprint density at radius 2 is 1.93 bits per heavy atom. The van der Waals surface area contributed by atoms with Gasteiger partial charge in [-0.25, -0.2) is 9.07 Å². The average Bonchev–Trinajstić information content (AvgIpc) is 3.09. The quantitative estimate of drug-likeness (QED) is 0.682. The molecule has 4 rings (SSSR count). The maximum Gasteiger partial charge on any atom is 0.123 e. The van der Waals surface area contributed by atoms with Crippen molar-refractivity contribution in [1.29, 1.82) is 0 Å². The highest BCUT2D eigenvalue weighted by molar-refractivity contribution is 5.63. The van der Waals surface area contributed by atoms with E-state index in [2.05, 4.69) is 55.1 Å². The van der Waals surface area contributed by atoms with Gasteiger partial charge in [-0.2, -0.15) is 5.10 Å². The van der Waals surface area contributed by atoms with Crippen molar-refractivity contribution in [2.45, 2.75) is 26.4 Å². The average molecular weight is 378 g/mol. The Hall–Kier alpha value is -2.50. The molecule has 2 aromatic carbocycles. The van der Waals surface area contributed by atoms with E-state index in [4.69, 9.17) is 5.10 Å². The number of halogens is 1. The largest absolute Gasteiger partial charge is 0.301 e. The van der Waals surface area contributed by atoms with Crippen LogP contribution in [0.25, 0.3) is 16.9 Å². The Bertz CT molecular complexity index is 965. The molecule has 0 amide bonds. The number of nitrogens with zero attached hydrogens (tertiary/aromatic N) is 4. The summed E-state index contributed by atoms with van der Waals surface area (Å²) < 4.78 is 15.8. The predicted molar refractivity (Wildman–Crippen MR) is 111 cm³/mol. The standard InChI is InChI=1S/C23H27FN4/c1-17-6-4-9-22(12-17)28-16-20(15-27-11-10-26(3)18(2)14-27)23(25-28)19-7-5-8-21(24)13-19/h4-9,12-13,16,18H,10-11,14-15H2,1-3H3. The molecule has 0 saturated carbocycles. The first kappa shape index (κ1) is 18.8. The van der Waals surface area contributed by atoms with Crippen molar-refractivity contribution < 1.29 is 4.39 Å². The molecule has 1 atom stereocenters. The molecule has 0 radical (unpaired) electrons. The van der Waals surface area contributed by atoms with E-state index in [0.717, 1.165) is 48.7 Å². The predicted octanol–water partition coefficient (Wildman–Crippen LogP) is 4.12. The van der Waals surface area contributed by atoms with Crippen molar-refractivity contribution in [2.24, 2.45) is 0 Å². The van der Waals surface area contributed by atoms with Crippen LogP contribution in [0.2, 0.25) is 0 Å². The summed E-state index contributed by atoms with van der Waals surface area (Å²) in [6, 6.07) is 15.5. The van der Waals surface area contributed by atoms with Gasteiger partial charge < -0.3 is 4.90 Å². The molecule has 1 fully saturated rings. The maximum absolute atomic E-state index is 13.9. The van der Waals surface area contributed by atoms with E-state index in [0.29, 0.717) is 6.04 Å². The monoisotopic (exact) mass is 378 g/mol. The third kappa shape index (κ3) is 4.01. The van der Waals surface area contributed by atoms with Gasteiger partial charge in [-0.15, -0.1) is 0 Å². The van der Waals surface area contributed by atoms with Crippen LogP contribution < -0.4 is 0 Å². The minimum atomic E-state index is -0.234. The SMILES string of the molecule is Cc1cccc(-n2cc(CN3CCN(C)C(C)C3)c(-c3cccc(F)c3)n2)c1. The van der Waals surface area contributed by atoms with Crippen molar-refractivity contribution in [3.63, 3.8) is 0 Å². The van der Waals surface area contributed by atoms with E-state index >= 15 is 0 Å². The zero-order valence-electron chi connectivity index (χ0n) is 16.8. The van der Waals surface area contributed by atoms with Crippen LogP contribution in [-0.2, 0) is 6.54 Å². The lowest BCUT2D eigenvalue weighted by Crippen LogP contribution is -2.49. The van der Waals surface area contributed by atoms with Gasteiger partial charge in [0, 0.05) is 49.5 Å². The molecule has 1 aliphatic heterocycles. The van der Waals surface area contributed by atoms with Gasteiger partial charge in [-0.05, 0) is 50.7 Å². The zero-order chi connectivity index (χ0) is 19.7. The van der Waals surface area contributed by atoms with Crippen molar-refractivity contribution in [3.8, 4) is 16.9 Å². The van der Waals surface area contributed by atoms with Gasteiger partial charge in [-0.3, -0.25) is 4.90 Å². The summed E-state index contributed by atoms with van der Waals surface area (Å²) in [6.45, 7) is 8.26. The van der Waals surface area contributed by atoms with Gasteiger partial charge in [0.25, 0.3) is 0 Å². The highest BCUT2D eigenvalue weighted by Gasteiger charge is 2.23. The second kappa shape index (κ2) is 7.86. The molecule has 0 N–H and O–H groups in total. The van der Waals surface area contributed by atoms with Crippen LogP contribution in [0.15, 0.2) is 54.7 Å². The van der Waals surface area contributed by atoms with Crippen LogP contribution in [0.4, 0.5) is 4.39 Å². The molecule has 1 unspecified atom stereocenters. The third-order valence-electron chi connectivity index (χ3n) is 5.59. The maximum atomic E-state index is 13.9. The molecule has 3 aromatic rings. The van der Waals surface area contributed by atoms with Crippen LogP contribution in [0, 0.1) is 12.7 Å². The molecule has 0 aliphatic carbocycles. The Morgan fingerprint density at radius 3 is 2.68 bits per heavy atom. The van der Waals surface area contributed by atoms with Crippen molar-refractivity contribution in [1.82, 2.24) is 19.6 Å². The summed E-state index contributed by atoms with van der Waals surface area (Å²) in [6.07, 6.45) is 2.10. The Morgan fingerprint density at radius 1 is 1.11 bits per heavy atom. The molecule has 5 heteroatoms. The third-order valence-corrected chi connectivity index (χ3v) is 5.59. The molecular weight excluding hydrogens is 351 g/mol. The van der Waals surface area contributed by atoms with Gasteiger partial charge in [0.1, 0.15) is 5.82 Å². The topological polar surface area (TPSA) is 24.3 Å². The second-order valence-corrected chi connectivity index (χ2v) is 7.86. The zero-order valence-corrected chi connectivity index (χ0v) is 16.8. The first-order chi connectivity index (χ1) is 13.5. The van der Waals surface area contributed by atoms with E-state index in [1.807, 2.05) is 16.8 Å². The lowest BCUT2D eigenvalue weighted by Gasteiger charge is -2.37. The Kier molecular flexibility index (Phi) is 5.29. The number of hydrogen-bond donors (Lipinski definition) is 0. The van der Waals surface area contributed by atoms with E-state index in [-0.39, 0.29) is 5.82 Å². The van der Waals surface area contributed by atoms with E-state index < -0.39 is 0 Å². The normalized spacial score (nSPS) is 18.5. The fourth-order valence-electron chi connectivity index (χ4n) is 3.82. The van der Waals surface area contributed by atoms with Gasteiger partial charge in [0.05, 0.1) is 11.4 Å². The summed E-state index contributed by atoms with van der Waals surface area (Å²) in [4.78, 5) is 4.85. The minimum Gasteiger partial charge on any atom is -0.301 e. The summed E-state index contributed by atoms with van der Waals surface area (Å²) in [5.41, 5.74) is 5.02. The number of benzene rings is 2. The molecule has 0 spiro atoms. The van der Waals surface area contributed by atoms with Gasteiger partial charge in [0.15, 0.2) is 0 Å². The fraction of sp³-hybridized carbons (Fsp3) is 0.348. The Labute approximate surface area is 166 Å².